The van der Waals surface area contributed by atoms with Gasteiger partial charge in [0.05, 0.1) is 19.0 Å². The Bertz CT molecular complexity index is 843. The Morgan fingerprint density at radius 3 is 2.58 bits per heavy atom. The van der Waals surface area contributed by atoms with Crippen LogP contribution >= 0.6 is 0 Å². The molecule has 1 saturated heterocycles. The lowest BCUT2D eigenvalue weighted by molar-refractivity contribution is 0.0365. The van der Waals surface area contributed by atoms with Gasteiger partial charge in [-0.1, -0.05) is 38.2 Å². The molecule has 1 aliphatic heterocycles. The van der Waals surface area contributed by atoms with Crippen LogP contribution in [0.1, 0.15) is 69.8 Å². The number of hydrogen-bond donors (Lipinski definition) is 2. The number of sulfonamides is 1. The second-order valence-corrected chi connectivity index (χ2v) is 12.0. The molecule has 0 bridgehead atoms. The number of rotatable bonds is 15. The maximum atomic E-state index is 13.3. The Hall–Kier alpha value is -1.75. The first-order valence-electron chi connectivity index (χ1n) is 13.7. The maximum absolute atomic E-state index is 13.3. The summed E-state index contributed by atoms with van der Waals surface area (Å²) in [6.07, 6.45) is 13.0. The van der Waals surface area contributed by atoms with Gasteiger partial charge in [0.1, 0.15) is 0 Å². The van der Waals surface area contributed by atoms with Gasteiger partial charge < -0.3 is 15.4 Å². The number of nitrogens with one attached hydrogen (secondary N) is 2. The standard InChI is InChI=1S/C26H45N5O4S/c32-26(29-23-24-10-8-13-27-22-24)28-14-6-1-2-7-21-36(33,34)31(25-11-4-3-5-12-25)16-9-15-30-17-19-35-20-18-30/h8,10,13,22,25H,1-7,9,11-12,14-21,23H2,(H2,28,29,32). The van der Waals surface area contributed by atoms with Crippen LogP contribution in [-0.2, 0) is 21.3 Å². The van der Waals surface area contributed by atoms with Gasteiger partial charge in [-0.3, -0.25) is 9.88 Å². The van der Waals surface area contributed by atoms with Crippen molar-refractivity contribution in [3.63, 3.8) is 0 Å². The Labute approximate surface area is 217 Å². The molecule has 0 spiro atoms. The van der Waals surface area contributed by atoms with Crippen LogP contribution in [0.25, 0.3) is 0 Å². The molecular formula is C26H45N5O4S. The van der Waals surface area contributed by atoms with Crippen molar-refractivity contribution >= 4 is 16.1 Å². The van der Waals surface area contributed by atoms with E-state index in [1.54, 1.807) is 12.4 Å². The largest absolute Gasteiger partial charge is 0.379 e. The minimum atomic E-state index is -3.26. The van der Waals surface area contributed by atoms with Crippen LogP contribution in [0.5, 0.6) is 0 Å². The molecule has 0 radical (unpaired) electrons. The molecule has 1 saturated carbocycles. The molecule has 2 aliphatic rings. The molecule has 2 heterocycles. The summed E-state index contributed by atoms with van der Waals surface area (Å²) in [5.74, 6) is 0.222. The lowest BCUT2D eigenvalue weighted by Gasteiger charge is -2.34. The summed E-state index contributed by atoms with van der Waals surface area (Å²) in [7, 11) is -3.26. The number of pyridine rings is 1. The smallest absolute Gasteiger partial charge is 0.315 e. The van der Waals surface area contributed by atoms with Crippen LogP contribution in [0, 0.1) is 0 Å². The van der Waals surface area contributed by atoms with Gasteiger partial charge in [-0.2, -0.15) is 4.31 Å². The fourth-order valence-electron chi connectivity index (χ4n) is 5.02. The van der Waals surface area contributed by atoms with Crippen molar-refractivity contribution in [3.05, 3.63) is 30.1 Å². The third-order valence-electron chi connectivity index (χ3n) is 7.09. The Kier molecular flexibility index (Phi) is 12.9. The third-order valence-corrected chi connectivity index (χ3v) is 9.09. The molecule has 36 heavy (non-hydrogen) atoms. The van der Waals surface area contributed by atoms with E-state index in [-0.39, 0.29) is 17.8 Å². The highest BCUT2D eigenvalue weighted by Crippen LogP contribution is 2.26. The van der Waals surface area contributed by atoms with Crippen molar-refractivity contribution in [2.45, 2.75) is 76.8 Å². The number of hydrogen-bond acceptors (Lipinski definition) is 6. The van der Waals surface area contributed by atoms with Crippen molar-refractivity contribution in [1.82, 2.24) is 24.8 Å². The lowest BCUT2D eigenvalue weighted by Crippen LogP contribution is -2.44. The highest BCUT2D eigenvalue weighted by molar-refractivity contribution is 7.89. The number of carbonyl (C=O) groups is 1. The zero-order valence-electron chi connectivity index (χ0n) is 21.7. The van der Waals surface area contributed by atoms with Gasteiger partial charge in [-0.25, -0.2) is 13.2 Å². The van der Waals surface area contributed by atoms with Crippen molar-refractivity contribution in [2.75, 3.05) is 51.7 Å². The molecule has 2 fully saturated rings. The van der Waals surface area contributed by atoms with E-state index in [1.807, 2.05) is 16.4 Å². The summed E-state index contributed by atoms with van der Waals surface area (Å²) in [6.45, 7) is 6.02. The van der Waals surface area contributed by atoms with E-state index in [4.69, 9.17) is 4.74 Å². The Morgan fingerprint density at radius 1 is 1.06 bits per heavy atom. The average Bonchev–Trinajstić information content (AvgIpc) is 2.91. The molecule has 0 unspecified atom stereocenters. The van der Waals surface area contributed by atoms with Crippen LogP contribution in [-0.4, -0.2) is 86.4 Å². The van der Waals surface area contributed by atoms with Gasteiger partial charge in [-0.15, -0.1) is 0 Å². The lowest BCUT2D eigenvalue weighted by atomic mass is 9.95. The van der Waals surface area contributed by atoms with E-state index in [9.17, 15) is 13.2 Å². The maximum Gasteiger partial charge on any atom is 0.315 e. The average molecular weight is 524 g/mol. The number of amides is 2. The van der Waals surface area contributed by atoms with E-state index in [0.717, 1.165) is 89.8 Å². The van der Waals surface area contributed by atoms with Gasteiger partial charge in [0.25, 0.3) is 0 Å². The molecular weight excluding hydrogens is 478 g/mol. The topological polar surface area (TPSA) is 104 Å². The summed E-state index contributed by atoms with van der Waals surface area (Å²) < 4.78 is 33.9. The molecule has 204 valence electrons. The van der Waals surface area contributed by atoms with Gasteiger partial charge in [0.15, 0.2) is 0 Å². The fraction of sp³-hybridized carbons (Fsp3) is 0.769. The molecule has 3 rings (SSSR count). The normalized spacial score (nSPS) is 17.8. The van der Waals surface area contributed by atoms with Crippen molar-refractivity contribution in [2.24, 2.45) is 0 Å². The number of morpholine rings is 1. The van der Waals surface area contributed by atoms with E-state index in [0.29, 0.717) is 26.1 Å². The monoisotopic (exact) mass is 523 g/mol. The molecule has 0 atom stereocenters. The molecule has 9 nitrogen and oxygen atoms in total. The van der Waals surface area contributed by atoms with E-state index in [2.05, 4.69) is 20.5 Å². The van der Waals surface area contributed by atoms with E-state index < -0.39 is 10.0 Å². The SMILES string of the molecule is O=C(NCCCCCCS(=O)(=O)N(CCCN1CCOCC1)C1CCCCC1)NCc1cccnc1. The molecule has 1 aromatic rings. The van der Waals surface area contributed by atoms with E-state index >= 15 is 0 Å². The summed E-state index contributed by atoms with van der Waals surface area (Å²) in [5, 5.41) is 5.68. The highest BCUT2D eigenvalue weighted by Gasteiger charge is 2.30. The van der Waals surface area contributed by atoms with E-state index in [1.165, 1.54) is 6.42 Å². The van der Waals surface area contributed by atoms with Crippen LogP contribution in [0.4, 0.5) is 4.79 Å². The molecule has 10 heteroatoms. The number of unbranched alkanes of at least 4 members (excludes halogenated alkanes) is 3. The van der Waals surface area contributed by atoms with Gasteiger partial charge in [-0.05, 0) is 50.3 Å². The minimum Gasteiger partial charge on any atom is -0.379 e. The first kappa shape index (κ1) is 28.8. The van der Waals surface area contributed by atoms with Crippen LogP contribution in [0.2, 0.25) is 0 Å². The molecule has 2 amide bonds. The predicted octanol–water partition coefficient (Wildman–Crippen LogP) is 3.13. The quantitative estimate of drug-likeness (QED) is 0.342. The fourth-order valence-corrected chi connectivity index (χ4v) is 6.90. The number of nitrogens with zero attached hydrogens (tertiary/aromatic N) is 3. The number of urea groups is 1. The Morgan fingerprint density at radius 2 is 1.83 bits per heavy atom. The van der Waals surface area contributed by atoms with Crippen LogP contribution in [0.15, 0.2) is 24.5 Å². The minimum absolute atomic E-state index is 0.169. The zero-order chi connectivity index (χ0) is 25.5. The first-order chi connectivity index (χ1) is 17.5. The highest BCUT2D eigenvalue weighted by atomic mass is 32.2. The zero-order valence-corrected chi connectivity index (χ0v) is 22.5. The molecule has 1 aliphatic carbocycles. The summed E-state index contributed by atoms with van der Waals surface area (Å²) in [6, 6.07) is 3.74. The second-order valence-electron chi connectivity index (χ2n) is 9.91. The van der Waals surface area contributed by atoms with Crippen LogP contribution < -0.4 is 10.6 Å². The first-order valence-corrected chi connectivity index (χ1v) is 15.4. The molecule has 1 aromatic heterocycles. The second kappa shape index (κ2) is 16.2. The third kappa shape index (κ3) is 10.7. The summed E-state index contributed by atoms with van der Waals surface area (Å²) in [5.41, 5.74) is 0.956. The number of ether oxygens (including phenoxy) is 1. The van der Waals surface area contributed by atoms with Gasteiger partial charge in [0, 0.05) is 51.2 Å². The number of carbonyl (C=O) groups excluding carboxylic acids is 1. The molecule has 2 N–H and O–H groups in total. The van der Waals surface area contributed by atoms with Crippen LogP contribution in [0.3, 0.4) is 0 Å². The predicted molar refractivity (Wildman–Crippen MR) is 142 cm³/mol. The Balaban J connectivity index is 1.31. The molecule has 0 aromatic carbocycles. The van der Waals surface area contributed by atoms with Crippen molar-refractivity contribution in [3.8, 4) is 0 Å². The van der Waals surface area contributed by atoms with Gasteiger partial charge >= 0.3 is 6.03 Å². The number of aromatic nitrogens is 1. The summed E-state index contributed by atoms with van der Waals surface area (Å²) >= 11 is 0. The van der Waals surface area contributed by atoms with Crippen molar-refractivity contribution in [1.29, 1.82) is 0 Å². The summed E-state index contributed by atoms with van der Waals surface area (Å²) in [4.78, 5) is 18.3. The van der Waals surface area contributed by atoms with Gasteiger partial charge in [0.2, 0.25) is 10.0 Å². The van der Waals surface area contributed by atoms with Crippen molar-refractivity contribution < 1.29 is 17.9 Å².